The zero-order chi connectivity index (χ0) is 36.9. The van der Waals surface area contributed by atoms with E-state index in [1.807, 2.05) is 4.90 Å². The fraction of sp³-hybridized carbons (Fsp3) is 0.556. The third-order valence-electron chi connectivity index (χ3n) is 10.3. The monoisotopic (exact) mass is 762 g/mol. The number of fused-ring (bicyclic) bond motifs is 2. The summed E-state index contributed by atoms with van der Waals surface area (Å²) in [5.74, 6) is 5.83. The lowest BCUT2D eigenvalue weighted by Crippen LogP contribution is -2.31. The first kappa shape index (κ1) is 36.7. The molecule has 1 saturated heterocycles. The summed E-state index contributed by atoms with van der Waals surface area (Å²) in [6.07, 6.45) is 0.805. The maximum atomic E-state index is 15.5. The van der Waals surface area contributed by atoms with Crippen LogP contribution in [0.3, 0.4) is 0 Å². The average Bonchev–Trinajstić information content (AvgIpc) is 3.88. The molecule has 5 heterocycles. The molecule has 1 aliphatic carbocycles. The first-order valence-electron chi connectivity index (χ1n) is 17.6. The highest BCUT2D eigenvalue weighted by Gasteiger charge is 2.44. The minimum Gasteiger partial charge on any atom is -0.396 e. The zero-order valence-corrected chi connectivity index (χ0v) is 30.6. The van der Waals surface area contributed by atoms with E-state index in [0.717, 1.165) is 38.5 Å². The van der Waals surface area contributed by atoms with Crippen LogP contribution in [-0.2, 0) is 37.0 Å². The summed E-state index contributed by atoms with van der Waals surface area (Å²) in [6, 6.07) is 0.764. The van der Waals surface area contributed by atoms with Crippen molar-refractivity contribution in [2.45, 2.75) is 83.3 Å². The predicted molar refractivity (Wildman–Crippen MR) is 188 cm³/mol. The van der Waals surface area contributed by atoms with Crippen LogP contribution in [0, 0.1) is 23.1 Å². The lowest BCUT2D eigenvalue weighted by Gasteiger charge is -2.31. The SMILES string of the molecule is CN(C)C(=O)c1nn2c(c1Cl)CN(c1nc(C#CC3(CN4CCCCCC4)CC3)nc3c1CO[C@H](c1c(F)c(N)cc(Cl)c1C(F)(F)F)C3)CCC2. The Bertz CT molecular complexity index is 1940. The molecule has 2 fully saturated rings. The molecule has 3 aromatic rings. The number of nitrogens with two attached hydrogens (primary N) is 1. The molecule has 0 radical (unpaired) electrons. The Kier molecular flexibility index (Phi) is 10.1. The van der Waals surface area contributed by atoms with Crippen LogP contribution in [-0.4, -0.2) is 75.7 Å². The molecule has 1 aromatic carbocycles. The van der Waals surface area contributed by atoms with E-state index < -0.39 is 39.9 Å². The van der Waals surface area contributed by atoms with E-state index in [-0.39, 0.29) is 47.4 Å². The van der Waals surface area contributed by atoms with Gasteiger partial charge in [0.25, 0.3) is 5.91 Å². The highest BCUT2D eigenvalue weighted by atomic mass is 35.5. The quantitative estimate of drug-likeness (QED) is 0.175. The second kappa shape index (κ2) is 14.3. The van der Waals surface area contributed by atoms with Crippen molar-refractivity contribution in [1.82, 2.24) is 29.5 Å². The summed E-state index contributed by atoms with van der Waals surface area (Å²) in [7, 11) is 3.25. The van der Waals surface area contributed by atoms with Crippen molar-refractivity contribution in [3.05, 3.63) is 61.5 Å². The van der Waals surface area contributed by atoms with Crippen molar-refractivity contribution in [1.29, 1.82) is 0 Å². The molecule has 4 aliphatic rings. The summed E-state index contributed by atoms with van der Waals surface area (Å²) in [6.45, 7) is 4.01. The summed E-state index contributed by atoms with van der Waals surface area (Å²) in [4.78, 5) is 28.4. The van der Waals surface area contributed by atoms with E-state index in [1.165, 1.54) is 30.6 Å². The molecule has 0 bridgehead atoms. The van der Waals surface area contributed by atoms with Gasteiger partial charge >= 0.3 is 6.18 Å². The summed E-state index contributed by atoms with van der Waals surface area (Å²) >= 11 is 12.8. The van der Waals surface area contributed by atoms with Gasteiger partial charge in [0, 0.05) is 56.7 Å². The fourth-order valence-corrected chi connectivity index (χ4v) is 8.01. The molecule has 10 nitrogen and oxygen atoms in total. The summed E-state index contributed by atoms with van der Waals surface area (Å²) in [5, 5.41) is 4.04. The first-order valence-corrected chi connectivity index (χ1v) is 18.3. The number of ether oxygens (including phenoxy) is 1. The number of halogens is 6. The van der Waals surface area contributed by atoms with Gasteiger partial charge in [0.15, 0.2) is 11.5 Å². The number of benzene rings is 1. The van der Waals surface area contributed by atoms with Gasteiger partial charge < -0.3 is 25.2 Å². The summed E-state index contributed by atoms with van der Waals surface area (Å²) < 4.78 is 66.1. The molecule has 2 aromatic heterocycles. The van der Waals surface area contributed by atoms with Crippen LogP contribution >= 0.6 is 23.2 Å². The van der Waals surface area contributed by atoms with Gasteiger partial charge in [-0.25, -0.2) is 14.4 Å². The molecular weight excluding hydrogens is 723 g/mol. The third kappa shape index (κ3) is 7.29. The number of likely N-dealkylation sites (tertiary alicyclic amines) is 1. The number of anilines is 2. The molecule has 1 amide bonds. The maximum absolute atomic E-state index is 15.5. The summed E-state index contributed by atoms with van der Waals surface area (Å²) in [5.41, 5.74) is 4.71. The largest absolute Gasteiger partial charge is 0.418 e. The van der Waals surface area contributed by atoms with Crippen molar-refractivity contribution in [2.24, 2.45) is 5.41 Å². The van der Waals surface area contributed by atoms with E-state index in [4.69, 9.17) is 43.6 Å². The molecule has 0 spiro atoms. The number of carbonyl (C=O) groups is 1. The van der Waals surface area contributed by atoms with Crippen molar-refractivity contribution in [3.8, 4) is 11.8 Å². The fourth-order valence-electron chi connectivity index (χ4n) is 7.41. The highest BCUT2D eigenvalue weighted by Crippen LogP contribution is 2.47. The van der Waals surface area contributed by atoms with Gasteiger partial charge in [-0.3, -0.25) is 9.48 Å². The average molecular weight is 764 g/mol. The molecule has 7 rings (SSSR count). The van der Waals surface area contributed by atoms with E-state index in [2.05, 4.69) is 21.8 Å². The second-order valence-electron chi connectivity index (χ2n) is 14.4. The number of nitrogens with zero attached hydrogens (tertiary/aromatic N) is 7. The molecule has 52 heavy (non-hydrogen) atoms. The number of carbonyl (C=O) groups excluding carboxylic acids is 1. The van der Waals surface area contributed by atoms with E-state index in [0.29, 0.717) is 42.3 Å². The van der Waals surface area contributed by atoms with Crippen LogP contribution in [0.4, 0.5) is 29.1 Å². The number of amides is 1. The minimum atomic E-state index is -4.97. The van der Waals surface area contributed by atoms with Gasteiger partial charge in [-0.2, -0.15) is 18.3 Å². The molecule has 3 aliphatic heterocycles. The maximum Gasteiger partial charge on any atom is 0.418 e. The van der Waals surface area contributed by atoms with Crippen LogP contribution in [0.15, 0.2) is 6.07 Å². The highest BCUT2D eigenvalue weighted by molar-refractivity contribution is 6.34. The van der Waals surface area contributed by atoms with Gasteiger partial charge in [0.1, 0.15) is 5.82 Å². The van der Waals surface area contributed by atoms with E-state index in [9.17, 15) is 18.0 Å². The van der Waals surface area contributed by atoms with E-state index in [1.54, 1.807) is 18.8 Å². The van der Waals surface area contributed by atoms with Crippen molar-refractivity contribution >= 4 is 40.6 Å². The van der Waals surface area contributed by atoms with Crippen LogP contribution < -0.4 is 10.6 Å². The Morgan fingerprint density at radius 2 is 1.83 bits per heavy atom. The first-order chi connectivity index (χ1) is 24.7. The predicted octanol–water partition coefficient (Wildman–Crippen LogP) is 6.65. The third-order valence-corrected chi connectivity index (χ3v) is 11.0. The van der Waals surface area contributed by atoms with E-state index >= 15 is 4.39 Å². The van der Waals surface area contributed by atoms with Crippen LogP contribution in [0.5, 0.6) is 0 Å². The lowest BCUT2D eigenvalue weighted by molar-refractivity contribution is -0.140. The van der Waals surface area contributed by atoms with Crippen LogP contribution in [0.1, 0.15) is 95.4 Å². The number of hydrogen-bond acceptors (Lipinski definition) is 8. The molecule has 0 unspecified atom stereocenters. The second-order valence-corrected chi connectivity index (χ2v) is 15.2. The Labute approximate surface area is 309 Å². The van der Waals surface area contributed by atoms with Crippen LogP contribution in [0.25, 0.3) is 0 Å². The molecule has 278 valence electrons. The van der Waals surface area contributed by atoms with Gasteiger partial charge in [-0.15, -0.1) is 0 Å². The van der Waals surface area contributed by atoms with Gasteiger partial charge in [0.05, 0.1) is 51.9 Å². The Hall–Kier alpha value is -3.64. The van der Waals surface area contributed by atoms with Crippen molar-refractivity contribution in [3.63, 3.8) is 0 Å². The zero-order valence-electron chi connectivity index (χ0n) is 29.1. The number of alkyl halides is 3. The van der Waals surface area contributed by atoms with Gasteiger partial charge in [-0.05, 0) is 57.2 Å². The van der Waals surface area contributed by atoms with Gasteiger partial charge in [-0.1, -0.05) is 42.0 Å². The molecule has 1 atom stereocenters. The number of nitrogen functional groups attached to an aromatic ring is 1. The standard InChI is InChI=1S/C36H40Cl2F4N8O2/c1-47(2)34(51)32-30(38)25-18-49(14-7-15-50(25)46-32)33-21-19-52-26(28-29(36(40,41)42)22(37)16-23(43)31(28)39)17-24(21)44-27(45-33)8-9-35(10-11-35)20-48-12-5-3-4-6-13-48/h16,26H,3-7,10-15,17-20,43H2,1-2H3/t26-/m0/s1. The number of aromatic nitrogens is 4. The molecule has 1 saturated carbocycles. The Morgan fingerprint density at radius 1 is 1.10 bits per heavy atom. The molecular formula is C36H40Cl2F4N8O2. The van der Waals surface area contributed by atoms with Crippen molar-refractivity contribution < 1.29 is 27.1 Å². The minimum absolute atomic E-state index is 0.147. The lowest BCUT2D eigenvalue weighted by atomic mass is 9.93. The normalized spacial score (nSPS) is 20.2. The smallest absolute Gasteiger partial charge is 0.396 e. The Morgan fingerprint density at radius 3 is 2.50 bits per heavy atom. The topological polar surface area (TPSA) is 106 Å². The number of aryl methyl sites for hydroxylation is 1. The molecule has 2 N–H and O–H groups in total. The number of hydrogen-bond donors (Lipinski definition) is 1. The Balaban J connectivity index is 1.28. The number of rotatable bonds is 5. The van der Waals surface area contributed by atoms with Gasteiger partial charge in [0.2, 0.25) is 5.82 Å². The van der Waals surface area contributed by atoms with Crippen molar-refractivity contribution in [2.75, 3.05) is 50.9 Å². The molecule has 16 heteroatoms. The van der Waals surface area contributed by atoms with Crippen LogP contribution in [0.2, 0.25) is 10.0 Å².